The number of anilines is 1. The first-order chi connectivity index (χ1) is 14.7. The van der Waals surface area contributed by atoms with Crippen LogP contribution in [0, 0.1) is 0 Å². The molecule has 2 aromatic rings. The SMILES string of the molecule is O=C(CN1CCCC1C(=O)N1CCSCC1)Nc1cccc(Oc2ccccc2)c1. The van der Waals surface area contributed by atoms with Gasteiger partial charge >= 0.3 is 0 Å². The number of hydrogen-bond donors (Lipinski definition) is 1. The molecule has 2 amide bonds. The maximum atomic E-state index is 12.9. The van der Waals surface area contributed by atoms with E-state index in [9.17, 15) is 9.59 Å². The van der Waals surface area contributed by atoms with Crippen molar-refractivity contribution in [2.24, 2.45) is 0 Å². The standard InChI is InChI=1S/C23H27N3O3S/c27-22(17-26-11-5-10-21(26)23(28)25-12-14-30-15-13-25)24-18-6-4-9-20(16-18)29-19-7-2-1-3-8-19/h1-4,6-9,16,21H,5,10-15,17H2,(H,24,27). The van der Waals surface area contributed by atoms with E-state index < -0.39 is 0 Å². The van der Waals surface area contributed by atoms with Crippen LogP contribution >= 0.6 is 11.8 Å². The van der Waals surface area contributed by atoms with E-state index in [4.69, 9.17) is 4.74 Å². The maximum absolute atomic E-state index is 12.9. The molecule has 0 aromatic heterocycles. The molecule has 0 aliphatic carbocycles. The number of nitrogens with one attached hydrogen (secondary N) is 1. The van der Waals surface area contributed by atoms with Gasteiger partial charge in [-0.2, -0.15) is 11.8 Å². The molecular formula is C23H27N3O3S. The Hall–Kier alpha value is -2.51. The molecule has 1 atom stereocenters. The van der Waals surface area contributed by atoms with Gasteiger partial charge in [-0.15, -0.1) is 0 Å². The van der Waals surface area contributed by atoms with E-state index in [1.54, 1.807) is 0 Å². The molecule has 2 aliphatic heterocycles. The Morgan fingerprint density at radius 3 is 2.57 bits per heavy atom. The van der Waals surface area contributed by atoms with E-state index in [1.807, 2.05) is 76.2 Å². The van der Waals surface area contributed by atoms with Crippen LogP contribution in [0.5, 0.6) is 11.5 Å². The molecule has 2 aliphatic rings. The van der Waals surface area contributed by atoms with Crippen LogP contribution in [0.4, 0.5) is 5.69 Å². The lowest BCUT2D eigenvalue weighted by atomic mass is 10.2. The van der Waals surface area contributed by atoms with E-state index in [0.717, 1.165) is 49.7 Å². The number of carbonyl (C=O) groups excluding carboxylic acids is 2. The summed E-state index contributed by atoms with van der Waals surface area (Å²) in [6.45, 7) is 2.63. The quantitative estimate of drug-likeness (QED) is 0.768. The van der Waals surface area contributed by atoms with E-state index in [2.05, 4.69) is 5.32 Å². The second kappa shape index (κ2) is 10.00. The number of ether oxygens (including phenoxy) is 1. The molecule has 2 heterocycles. The van der Waals surface area contributed by atoms with Crippen molar-refractivity contribution in [3.8, 4) is 11.5 Å². The fourth-order valence-corrected chi connectivity index (χ4v) is 4.84. The third kappa shape index (κ3) is 5.34. The van der Waals surface area contributed by atoms with E-state index in [0.29, 0.717) is 11.4 Å². The molecule has 0 radical (unpaired) electrons. The van der Waals surface area contributed by atoms with Gasteiger partial charge in [0.15, 0.2) is 0 Å². The molecule has 1 N–H and O–H groups in total. The van der Waals surface area contributed by atoms with E-state index in [1.165, 1.54) is 0 Å². The minimum atomic E-state index is -0.174. The molecule has 0 spiro atoms. The van der Waals surface area contributed by atoms with Crippen LogP contribution in [0.25, 0.3) is 0 Å². The summed E-state index contributed by atoms with van der Waals surface area (Å²) in [6, 6.07) is 16.7. The van der Waals surface area contributed by atoms with Crippen molar-refractivity contribution in [1.29, 1.82) is 0 Å². The van der Waals surface area contributed by atoms with Gasteiger partial charge in [0.1, 0.15) is 11.5 Å². The van der Waals surface area contributed by atoms with Gasteiger partial charge in [-0.05, 0) is 43.7 Å². The Labute approximate surface area is 181 Å². The molecular weight excluding hydrogens is 398 g/mol. The van der Waals surface area contributed by atoms with Gasteiger partial charge in [0.25, 0.3) is 0 Å². The van der Waals surface area contributed by atoms with Crippen LogP contribution in [-0.4, -0.2) is 65.3 Å². The summed E-state index contributed by atoms with van der Waals surface area (Å²) in [7, 11) is 0. The number of thioether (sulfide) groups is 1. The molecule has 4 rings (SSSR count). The normalized spacial score (nSPS) is 19.5. The molecule has 2 aromatic carbocycles. The number of likely N-dealkylation sites (tertiary alicyclic amines) is 1. The highest BCUT2D eigenvalue weighted by Gasteiger charge is 2.35. The Kier molecular flexibility index (Phi) is 6.92. The van der Waals surface area contributed by atoms with Crippen molar-refractivity contribution in [3.63, 3.8) is 0 Å². The second-order valence-corrected chi connectivity index (χ2v) is 8.78. The summed E-state index contributed by atoms with van der Waals surface area (Å²) in [6.07, 6.45) is 1.78. The van der Waals surface area contributed by atoms with Gasteiger partial charge in [-0.1, -0.05) is 24.3 Å². The van der Waals surface area contributed by atoms with Gasteiger partial charge in [0, 0.05) is 36.3 Å². The average molecular weight is 426 g/mol. The molecule has 2 saturated heterocycles. The van der Waals surface area contributed by atoms with Crippen molar-refractivity contribution in [1.82, 2.24) is 9.80 Å². The summed E-state index contributed by atoms with van der Waals surface area (Å²) in [4.78, 5) is 29.5. The third-order valence-corrected chi connectivity index (χ3v) is 6.36. The largest absolute Gasteiger partial charge is 0.457 e. The van der Waals surface area contributed by atoms with Gasteiger partial charge in [0.2, 0.25) is 11.8 Å². The fourth-order valence-electron chi connectivity index (χ4n) is 3.94. The zero-order chi connectivity index (χ0) is 20.8. The van der Waals surface area contributed by atoms with Crippen LogP contribution < -0.4 is 10.1 Å². The number of amides is 2. The zero-order valence-electron chi connectivity index (χ0n) is 17.0. The number of nitrogens with zero attached hydrogens (tertiary/aromatic N) is 2. The molecule has 2 fully saturated rings. The maximum Gasteiger partial charge on any atom is 0.239 e. The molecule has 0 bridgehead atoms. The van der Waals surface area contributed by atoms with Crippen LogP contribution in [0.1, 0.15) is 12.8 Å². The summed E-state index contributed by atoms with van der Waals surface area (Å²) >= 11 is 1.89. The van der Waals surface area contributed by atoms with E-state index >= 15 is 0 Å². The highest BCUT2D eigenvalue weighted by molar-refractivity contribution is 7.99. The summed E-state index contributed by atoms with van der Waals surface area (Å²) in [5.74, 6) is 3.48. The minimum Gasteiger partial charge on any atom is -0.457 e. The van der Waals surface area contributed by atoms with Crippen molar-refractivity contribution < 1.29 is 14.3 Å². The van der Waals surface area contributed by atoms with Gasteiger partial charge in [0.05, 0.1) is 12.6 Å². The van der Waals surface area contributed by atoms with E-state index in [-0.39, 0.29) is 24.4 Å². The topological polar surface area (TPSA) is 61.9 Å². The number of carbonyl (C=O) groups is 2. The van der Waals surface area contributed by atoms with Crippen LogP contribution in [0.15, 0.2) is 54.6 Å². The summed E-state index contributed by atoms with van der Waals surface area (Å²) in [5.41, 5.74) is 0.684. The molecule has 1 unspecified atom stereocenters. The summed E-state index contributed by atoms with van der Waals surface area (Å²) in [5, 5.41) is 2.95. The van der Waals surface area contributed by atoms with Crippen molar-refractivity contribution in [3.05, 3.63) is 54.6 Å². The van der Waals surface area contributed by atoms with Gasteiger partial charge in [-0.3, -0.25) is 14.5 Å². The van der Waals surface area contributed by atoms with Crippen molar-refractivity contribution in [2.45, 2.75) is 18.9 Å². The fraction of sp³-hybridized carbons (Fsp3) is 0.391. The highest BCUT2D eigenvalue weighted by Crippen LogP contribution is 2.25. The average Bonchev–Trinajstić information content (AvgIpc) is 3.22. The third-order valence-electron chi connectivity index (χ3n) is 5.41. The number of benzene rings is 2. The molecule has 0 saturated carbocycles. The Balaban J connectivity index is 1.33. The lowest BCUT2D eigenvalue weighted by Crippen LogP contribution is -2.49. The first-order valence-electron chi connectivity index (χ1n) is 10.4. The van der Waals surface area contributed by atoms with Gasteiger partial charge in [-0.25, -0.2) is 0 Å². The predicted molar refractivity (Wildman–Crippen MR) is 120 cm³/mol. The van der Waals surface area contributed by atoms with Crippen LogP contribution in [0.3, 0.4) is 0 Å². The number of hydrogen-bond acceptors (Lipinski definition) is 5. The smallest absolute Gasteiger partial charge is 0.239 e. The predicted octanol–water partition coefficient (Wildman–Crippen LogP) is 3.46. The minimum absolute atomic E-state index is 0.110. The monoisotopic (exact) mass is 425 g/mol. The van der Waals surface area contributed by atoms with Crippen LogP contribution in [-0.2, 0) is 9.59 Å². The summed E-state index contributed by atoms with van der Waals surface area (Å²) < 4.78 is 5.84. The molecule has 30 heavy (non-hydrogen) atoms. The first-order valence-corrected chi connectivity index (χ1v) is 11.6. The molecule has 6 nitrogen and oxygen atoms in total. The van der Waals surface area contributed by atoms with Crippen LogP contribution in [0.2, 0.25) is 0 Å². The highest BCUT2D eigenvalue weighted by atomic mass is 32.2. The zero-order valence-corrected chi connectivity index (χ0v) is 17.8. The lowest BCUT2D eigenvalue weighted by Gasteiger charge is -2.32. The molecule has 158 valence electrons. The van der Waals surface area contributed by atoms with Crippen molar-refractivity contribution in [2.75, 3.05) is 43.0 Å². The number of rotatable bonds is 6. The van der Waals surface area contributed by atoms with Crippen molar-refractivity contribution >= 4 is 29.3 Å². The Bertz CT molecular complexity index is 871. The first kappa shape index (κ1) is 20.8. The number of para-hydroxylation sites is 1. The lowest BCUT2D eigenvalue weighted by molar-refractivity contribution is -0.136. The van der Waals surface area contributed by atoms with Gasteiger partial charge < -0.3 is 15.0 Å². The Morgan fingerprint density at radius 2 is 1.77 bits per heavy atom. The Morgan fingerprint density at radius 1 is 1.00 bits per heavy atom. The second-order valence-electron chi connectivity index (χ2n) is 7.56. The molecule has 7 heteroatoms.